The first-order valence-corrected chi connectivity index (χ1v) is 18.4. The SMILES string of the molecule is CCCS(=O)(=O)NC(=O)[C@H](Cc1c[nH]c2ccccc12)NC(=O)[C@H](Cc1ccc(-c2ccsc2)cc1)N(C)C(=O)c1cc(C)cc(C)c1. The van der Waals surface area contributed by atoms with E-state index in [9.17, 15) is 22.8 Å². The van der Waals surface area contributed by atoms with Crippen molar-refractivity contribution in [3.63, 3.8) is 0 Å². The molecule has 0 saturated heterocycles. The number of nitrogens with one attached hydrogen (secondary N) is 3. The summed E-state index contributed by atoms with van der Waals surface area (Å²) in [5.74, 6) is -2.00. The number of likely N-dealkylation sites (N-methyl/N-ethyl adjacent to an activating group) is 1. The smallest absolute Gasteiger partial charge is 0.256 e. The predicted molar refractivity (Wildman–Crippen MR) is 191 cm³/mol. The molecular weight excluding hydrogens is 645 g/mol. The average molecular weight is 685 g/mol. The van der Waals surface area contributed by atoms with Gasteiger partial charge in [0.15, 0.2) is 0 Å². The molecule has 0 radical (unpaired) electrons. The second kappa shape index (κ2) is 15.0. The van der Waals surface area contributed by atoms with E-state index in [0.717, 1.165) is 44.3 Å². The molecule has 2 heterocycles. The van der Waals surface area contributed by atoms with Gasteiger partial charge in [0, 0.05) is 42.6 Å². The number of nitrogens with zero attached hydrogens (tertiary/aromatic N) is 1. The minimum absolute atomic E-state index is 0.0278. The Bertz CT molecular complexity index is 2000. The monoisotopic (exact) mass is 684 g/mol. The first-order valence-electron chi connectivity index (χ1n) is 15.8. The summed E-state index contributed by atoms with van der Waals surface area (Å²) in [6, 6.07) is 20.6. The zero-order valence-electron chi connectivity index (χ0n) is 27.4. The van der Waals surface area contributed by atoms with Gasteiger partial charge in [-0.25, -0.2) is 8.42 Å². The Labute approximate surface area is 285 Å². The number of benzene rings is 3. The number of aromatic nitrogens is 1. The summed E-state index contributed by atoms with van der Waals surface area (Å²) in [5, 5.41) is 7.74. The Morgan fingerprint density at radius 2 is 1.60 bits per heavy atom. The van der Waals surface area contributed by atoms with Crippen LogP contribution in [0.2, 0.25) is 0 Å². The van der Waals surface area contributed by atoms with Crippen LogP contribution >= 0.6 is 11.3 Å². The van der Waals surface area contributed by atoms with Gasteiger partial charge in [0.25, 0.3) is 11.8 Å². The summed E-state index contributed by atoms with van der Waals surface area (Å²) < 4.78 is 27.4. The van der Waals surface area contributed by atoms with Crippen LogP contribution in [-0.2, 0) is 32.5 Å². The lowest BCUT2D eigenvalue weighted by atomic mass is 9.99. The molecule has 2 atom stereocenters. The zero-order valence-corrected chi connectivity index (χ0v) is 29.1. The molecule has 250 valence electrons. The second-order valence-corrected chi connectivity index (χ2v) is 14.8. The molecule has 0 aliphatic carbocycles. The molecule has 2 aromatic heterocycles. The quantitative estimate of drug-likeness (QED) is 0.145. The number of aromatic amines is 1. The van der Waals surface area contributed by atoms with Crippen LogP contribution in [0.5, 0.6) is 0 Å². The standard InChI is InChI=1S/C37H40N4O5S2/c1-5-16-48(45,46)40-35(42)33(21-30-22-38-32-9-7-6-8-31(30)32)39-36(43)34(41(4)37(44)29-18-24(2)17-25(3)19-29)20-26-10-12-27(13-11-26)28-14-15-47-23-28/h6-15,17-19,22-23,33-34,38H,5,16,20-21H2,1-4H3,(H,39,43)(H,40,42)/t33-,34-/m0/s1. The summed E-state index contributed by atoms with van der Waals surface area (Å²) in [5.41, 5.74) is 6.80. The fraction of sp³-hybridized carbons (Fsp3) is 0.270. The number of amides is 3. The molecule has 11 heteroatoms. The summed E-state index contributed by atoms with van der Waals surface area (Å²) >= 11 is 1.61. The van der Waals surface area contributed by atoms with E-state index in [0.29, 0.717) is 12.0 Å². The number of carbonyl (C=O) groups excluding carboxylic acids is 3. The van der Waals surface area contributed by atoms with Crippen LogP contribution in [0.1, 0.15) is 46.0 Å². The largest absolute Gasteiger partial charge is 0.361 e. The van der Waals surface area contributed by atoms with Gasteiger partial charge in [-0.1, -0.05) is 66.6 Å². The zero-order chi connectivity index (χ0) is 34.4. The van der Waals surface area contributed by atoms with Crippen molar-refractivity contribution in [3.05, 3.63) is 118 Å². The second-order valence-electron chi connectivity index (χ2n) is 12.1. The minimum atomic E-state index is -3.92. The predicted octanol–water partition coefficient (Wildman–Crippen LogP) is 5.78. The molecule has 0 spiro atoms. The lowest BCUT2D eigenvalue weighted by Crippen LogP contribution is -2.56. The molecular formula is C37H40N4O5S2. The summed E-state index contributed by atoms with van der Waals surface area (Å²) in [4.78, 5) is 46.3. The molecule has 0 aliphatic rings. The highest BCUT2D eigenvalue weighted by molar-refractivity contribution is 7.90. The van der Waals surface area contributed by atoms with Crippen molar-refractivity contribution >= 4 is 50.0 Å². The highest BCUT2D eigenvalue weighted by Crippen LogP contribution is 2.24. The van der Waals surface area contributed by atoms with Crippen molar-refractivity contribution in [2.45, 2.75) is 52.1 Å². The van der Waals surface area contributed by atoms with Gasteiger partial charge < -0.3 is 15.2 Å². The van der Waals surface area contributed by atoms with Crippen LogP contribution in [0.25, 0.3) is 22.0 Å². The first-order chi connectivity index (χ1) is 22.9. The third-order valence-corrected chi connectivity index (χ3v) is 10.4. The van der Waals surface area contributed by atoms with Crippen LogP contribution in [0.4, 0.5) is 0 Å². The summed E-state index contributed by atoms with van der Waals surface area (Å²) in [7, 11) is -2.35. The highest BCUT2D eigenvalue weighted by Gasteiger charge is 2.33. The molecule has 0 unspecified atom stereocenters. The van der Waals surface area contributed by atoms with Crippen molar-refractivity contribution in [2.24, 2.45) is 0 Å². The van der Waals surface area contributed by atoms with Gasteiger partial charge in [-0.15, -0.1) is 0 Å². The van der Waals surface area contributed by atoms with E-state index in [1.807, 2.05) is 79.9 Å². The average Bonchev–Trinajstić information content (AvgIpc) is 3.73. The molecule has 0 saturated carbocycles. The summed E-state index contributed by atoms with van der Waals surface area (Å²) in [6.07, 6.45) is 2.26. The molecule has 5 aromatic rings. The lowest BCUT2D eigenvalue weighted by Gasteiger charge is -2.29. The molecule has 0 fully saturated rings. The summed E-state index contributed by atoms with van der Waals surface area (Å²) in [6.45, 7) is 5.52. The number of rotatable bonds is 13. The number of hydrogen-bond donors (Lipinski definition) is 3. The fourth-order valence-corrected chi connectivity index (χ4v) is 7.63. The van der Waals surface area contributed by atoms with Crippen molar-refractivity contribution in [3.8, 4) is 11.1 Å². The van der Waals surface area contributed by atoms with Crippen molar-refractivity contribution in [1.29, 1.82) is 0 Å². The number of sulfonamides is 1. The van der Waals surface area contributed by atoms with E-state index in [1.165, 1.54) is 4.90 Å². The normalized spacial score (nSPS) is 12.8. The first kappa shape index (κ1) is 34.6. The van der Waals surface area contributed by atoms with Crippen LogP contribution in [-0.4, -0.2) is 60.9 Å². The molecule has 5 rings (SSSR count). The Kier molecular flexibility index (Phi) is 10.8. The number of thiophene rings is 1. The number of H-pyrrole nitrogens is 1. The topological polar surface area (TPSA) is 128 Å². The third kappa shape index (κ3) is 8.39. The van der Waals surface area contributed by atoms with Crippen LogP contribution in [0.3, 0.4) is 0 Å². The van der Waals surface area contributed by atoms with Crippen molar-refractivity contribution in [1.82, 2.24) is 19.9 Å². The number of aryl methyl sites for hydroxylation is 2. The molecule has 9 nitrogen and oxygen atoms in total. The number of carbonyl (C=O) groups is 3. The van der Waals surface area contributed by atoms with Gasteiger partial charge in [-0.05, 0) is 77.5 Å². The number of para-hydroxylation sites is 1. The van der Waals surface area contributed by atoms with Crippen LogP contribution in [0.15, 0.2) is 89.8 Å². The van der Waals surface area contributed by atoms with Gasteiger partial charge in [-0.3, -0.25) is 19.1 Å². The Morgan fingerprint density at radius 1 is 0.896 bits per heavy atom. The maximum Gasteiger partial charge on any atom is 0.256 e. The maximum absolute atomic E-state index is 14.3. The molecule has 48 heavy (non-hydrogen) atoms. The Hall–Kier alpha value is -4.74. The number of hydrogen-bond acceptors (Lipinski definition) is 6. The van der Waals surface area contributed by atoms with Crippen molar-refractivity contribution in [2.75, 3.05) is 12.8 Å². The van der Waals surface area contributed by atoms with Gasteiger partial charge in [0.05, 0.1) is 5.75 Å². The lowest BCUT2D eigenvalue weighted by molar-refractivity contribution is -0.130. The molecule has 3 aromatic carbocycles. The van der Waals surface area contributed by atoms with Gasteiger partial charge >= 0.3 is 0 Å². The maximum atomic E-state index is 14.3. The van der Waals surface area contributed by atoms with E-state index in [1.54, 1.807) is 43.6 Å². The number of fused-ring (bicyclic) bond motifs is 1. The van der Waals surface area contributed by atoms with Crippen molar-refractivity contribution < 1.29 is 22.8 Å². The molecule has 3 amide bonds. The fourth-order valence-electron chi connectivity index (χ4n) is 5.88. The van der Waals surface area contributed by atoms with E-state index in [-0.39, 0.29) is 24.5 Å². The van der Waals surface area contributed by atoms with E-state index < -0.39 is 33.9 Å². The van der Waals surface area contributed by atoms with E-state index >= 15 is 0 Å². The van der Waals surface area contributed by atoms with Gasteiger partial charge in [-0.2, -0.15) is 11.3 Å². The minimum Gasteiger partial charge on any atom is -0.361 e. The third-order valence-electron chi connectivity index (χ3n) is 8.26. The van der Waals surface area contributed by atoms with Crippen LogP contribution < -0.4 is 10.0 Å². The highest BCUT2D eigenvalue weighted by atomic mass is 32.2. The van der Waals surface area contributed by atoms with Gasteiger partial charge in [0.1, 0.15) is 12.1 Å². The molecule has 0 aliphatic heterocycles. The van der Waals surface area contributed by atoms with Crippen LogP contribution in [0, 0.1) is 13.8 Å². The molecule has 3 N–H and O–H groups in total. The van der Waals surface area contributed by atoms with E-state index in [2.05, 4.69) is 20.4 Å². The Balaban J connectivity index is 1.47. The Morgan fingerprint density at radius 3 is 2.27 bits per heavy atom. The van der Waals surface area contributed by atoms with E-state index in [4.69, 9.17) is 0 Å². The molecule has 0 bridgehead atoms. The van der Waals surface area contributed by atoms with Gasteiger partial charge in [0.2, 0.25) is 15.9 Å².